The maximum atomic E-state index is 12.9. The summed E-state index contributed by atoms with van der Waals surface area (Å²) in [7, 11) is 0. The lowest BCUT2D eigenvalue weighted by Gasteiger charge is -2.29. The molecule has 2 aliphatic rings. The Morgan fingerprint density at radius 2 is 1.58 bits per heavy atom. The van der Waals surface area contributed by atoms with Crippen LogP contribution >= 0.6 is 0 Å². The molecular formula is C33H34N6O9. The summed E-state index contributed by atoms with van der Waals surface area (Å²) in [5.41, 5.74) is 4.44. The molecule has 1 saturated heterocycles. The summed E-state index contributed by atoms with van der Waals surface area (Å²) in [6.07, 6.45) is -0.795. The van der Waals surface area contributed by atoms with Gasteiger partial charge in [0.25, 0.3) is 5.91 Å². The van der Waals surface area contributed by atoms with E-state index in [1.807, 2.05) is 35.6 Å². The number of ether oxygens (including phenoxy) is 2. The van der Waals surface area contributed by atoms with Gasteiger partial charge >= 0.3 is 12.1 Å². The lowest BCUT2D eigenvalue weighted by Crippen LogP contribution is -2.52. The predicted octanol–water partition coefficient (Wildman–Crippen LogP) is 2.21. The number of nitrogens with zero attached hydrogens (tertiary/aromatic N) is 1. The highest BCUT2D eigenvalue weighted by molar-refractivity contribution is 6.05. The first-order valence-corrected chi connectivity index (χ1v) is 15.1. The van der Waals surface area contributed by atoms with Crippen LogP contribution in [0.25, 0.3) is 0 Å². The van der Waals surface area contributed by atoms with Crippen molar-refractivity contribution >= 4 is 41.4 Å². The Balaban J connectivity index is 1.01. The smallest absolute Gasteiger partial charge is 0.405 e. The fourth-order valence-corrected chi connectivity index (χ4v) is 5.15. The number of urea groups is 1. The number of imide groups is 1. The molecule has 1 atom stereocenters. The van der Waals surface area contributed by atoms with E-state index >= 15 is 0 Å². The maximum Gasteiger partial charge on any atom is 0.405 e. The Morgan fingerprint density at radius 1 is 0.875 bits per heavy atom. The molecule has 5 rings (SSSR count). The second kappa shape index (κ2) is 15.6. The van der Waals surface area contributed by atoms with E-state index in [0.717, 1.165) is 22.3 Å². The van der Waals surface area contributed by atoms with Gasteiger partial charge in [-0.1, -0.05) is 36.4 Å². The van der Waals surface area contributed by atoms with E-state index < -0.39 is 30.0 Å². The number of anilines is 1. The van der Waals surface area contributed by atoms with Crippen molar-refractivity contribution in [3.8, 4) is 5.75 Å². The first-order valence-electron chi connectivity index (χ1n) is 15.1. The molecule has 250 valence electrons. The van der Waals surface area contributed by atoms with Crippen molar-refractivity contribution in [3.63, 3.8) is 0 Å². The number of carbonyl (C=O) groups excluding carboxylic acids is 5. The van der Waals surface area contributed by atoms with Crippen LogP contribution in [-0.2, 0) is 45.4 Å². The van der Waals surface area contributed by atoms with E-state index in [-0.39, 0.29) is 51.2 Å². The van der Waals surface area contributed by atoms with Gasteiger partial charge in [0.2, 0.25) is 17.7 Å². The van der Waals surface area contributed by atoms with Crippen molar-refractivity contribution in [1.29, 1.82) is 0 Å². The lowest BCUT2D eigenvalue weighted by atomic mass is 10.0. The first-order chi connectivity index (χ1) is 23.1. The van der Waals surface area contributed by atoms with E-state index in [0.29, 0.717) is 30.0 Å². The molecular weight excluding hydrogens is 624 g/mol. The average molecular weight is 659 g/mol. The molecule has 15 heteroatoms. The molecule has 0 aromatic heterocycles. The van der Waals surface area contributed by atoms with Crippen molar-refractivity contribution in [2.45, 2.75) is 45.2 Å². The highest BCUT2D eigenvalue weighted by Crippen LogP contribution is 2.28. The summed E-state index contributed by atoms with van der Waals surface area (Å²) < 4.78 is 11.2. The highest BCUT2D eigenvalue weighted by Gasteiger charge is 2.39. The third-order valence-corrected chi connectivity index (χ3v) is 7.62. The van der Waals surface area contributed by atoms with Crippen LogP contribution in [0.15, 0.2) is 66.7 Å². The summed E-state index contributed by atoms with van der Waals surface area (Å²) in [6, 6.07) is 18.6. The molecule has 0 radical (unpaired) electrons. The van der Waals surface area contributed by atoms with Gasteiger partial charge in [-0.05, 0) is 59.0 Å². The van der Waals surface area contributed by atoms with E-state index in [9.17, 15) is 28.8 Å². The van der Waals surface area contributed by atoms with Crippen LogP contribution in [0.2, 0.25) is 0 Å². The Morgan fingerprint density at radius 3 is 2.29 bits per heavy atom. The lowest BCUT2D eigenvalue weighted by molar-refractivity contribution is -0.137. The van der Waals surface area contributed by atoms with Crippen molar-refractivity contribution in [3.05, 3.63) is 94.5 Å². The molecule has 6 N–H and O–H groups in total. The van der Waals surface area contributed by atoms with Crippen LogP contribution in [0.5, 0.6) is 5.75 Å². The molecule has 1 fully saturated rings. The molecule has 0 saturated carbocycles. The summed E-state index contributed by atoms with van der Waals surface area (Å²) in [5.74, 6) is -0.927. The monoisotopic (exact) mass is 658 g/mol. The van der Waals surface area contributed by atoms with Crippen LogP contribution in [-0.4, -0.2) is 65.1 Å². The number of amides is 7. The molecule has 3 aromatic rings. The van der Waals surface area contributed by atoms with Gasteiger partial charge in [-0.15, -0.1) is 0 Å². The van der Waals surface area contributed by atoms with Crippen LogP contribution in [0.4, 0.5) is 15.3 Å². The Bertz CT molecular complexity index is 1690. The van der Waals surface area contributed by atoms with E-state index in [1.54, 1.807) is 36.4 Å². The molecule has 48 heavy (non-hydrogen) atoms. The summed E-state index contributed by atoms with van der Waals surface area (Å²) in [5, 5.41) is 20.8. The van der Waals surface area contributed by atoms with Crippen LogP contribution < -0.4 is 31.3 Å². The molecule has 1 unspecified atom stereocenters. The minimum Gasteiger partial charge on any atom is -0.489 e. The molecule has 0 bridgehead atoms. The minimum atomic E-state index is -1.28. The number of piperidine rings is 1. The third-order valence-electron chi connectivity index (χ3n) is 7.62. The topological polar surface area (TPSA) is 204 Å². The van der Waals surface area contributed by atoms with E-state index in [2.05, 4.69) is 21.3 Å². The number of nitrogens with one attached hydrogen (secondary N) is 5. The normalized spacial score (nSPS) is 15.3. The SMILES string of the molecule is O=C(O)NCC(=O)NCOCc1ccc(COc2ccc(NC(=O)NCc3ccc4c(c3)CN(C3CCC(=O)NC3=O)C4=O)cc2)cc1. The summed E-state index contributed by atoms with van der Waals surface area (Å²) >= 11 is 0. The number of fused-ring (bicyclic) bond motifs is 1. The zero-order valence-electron chi connectivity index (χ0n) is 25.7. The summed E-state index contributed by atoms with van der Waals surface area (Å²) in [6.45, 7) is 0.663. The number of rotatable bonds is 13. The molecule has 3 aromatic carbocycles. The molecule has 7 amide bonds. The van der Waals surface area contributed by atoms with Crippen molar-refractivity contribution in [2.75, 3.05) is 18.6 Å². The second-order valence-corrected chi connectivity index (χ2v) is 11.1. The van der Waals surface area contributed by atoms with Crippen molar-refractivity contribution in [2.24, 2.45) is 0 Å². The van der Waals surface area contributed by atoms with Crippen molar-refractivity contribution in [1.82, 2.24) is 26.2 Å². The van der Waals surface area contributed by atoms with E-state index in [1.165, 1.54) is 4.90 Å². The molecule has 2 heterocycles. The van der Waals surface area contributed by atoms with Crippen LogP contribution in [0, 0.1) is 0 Å². The molecule has 15 nitrogen and oxygen atoms in total. The standard InChI is InChI=1S/C33H34N6O9/c40-28-12-11-27(30(42)38-28)39-16-23-13-22(5-10-26(23)31(39)43)14-34-32(44)37-24-6-8-25(9-7-24)48-18-21-3-1-20(2-4-21)17-47-19-36-29(41)15-35-33(45)46/h1-10,13,27,35H,11-12,14-19H2,(H,36,41)(H,45,46)(H2,34,37,44)(H,38,40,42). The predicted molar refractivity (Wildman–Crippen MR) is 169 cm³/mol. The second-order valence-electron chi connectivity index (χ2n) is 11.1. The zero-order chi connectivity index (χ0) is 34.0. The number of hydrogen-bond donors (Lipinski definition) is 6. The minimum absolute atomic E-state index is 0.0516. The number of benzene rings is 3. The summed E-state index contributed by atoms with van der Waals surface area (Å²) in [4.78, 5) is 72.5. The third kappa shape index (κ3) is 9.07. The van der Waals surface area contributed by atoms with Gasteiger partial charge in [-0.3, -0.25) is 24.5 Å². The zero-order valence-corrected chi connectivity index (χ0v) is 25.7. The Hall–Kier alpha value is -5.96. The largest absolute Gasteiger partial charge is 0.489 e. The van der Waals surface area contributed by atoms with Crippen LogP contribution in [0.1, 0.15) is 45.5 Å². The van der Waals surface area contributed by atoms with Gasteiger partial charge in [-0.25, -0.2) is 9.59 Å². The van der Waals surface area contributed by atoms with E-state index in [4.69, 9.17) is 14.6 Å². The van der Waals surface area contributed by atoms with Gasteiger partial charge < -0.3 is 40.7 Å². The van der Waals surface area contributed by atoms with Crippen molar-refractivity contribution < 1.29 is 43.3 Å². The number of carboxylic acid groups (broad SMARTS) is 1. The van der Waals surface area contributed by atoms with Gasteiger partial charge in [-0.2, -0.15) is 0 Å². The quantitative estimate of drug-likeness (QED) is 0.0904. The van der Waals surface area contributed by atoms with Gasteiger partial charge in [0.05, 0.1) is 6.61 Å². The molecule has 0 spiro atoms. The Kier molecular flexibility index (Phi) is 10.8. The highest BCUT2D eigenvalue weighted by atomic mass is 16.5. The Labute approximate surface area is 275 Å². The number of carbonyl (C=O) groups is 6. The first kappa shape index (κ1) is 33.4. The van der Waals surface area contributed by atoms with Crippen LogP contribution in [0.3, 0.4) is 0 Å². The van der Waals surface area contributed by atoms with Gasteiger partial charge in [0, 0.05) is 30.8 Å². The maximum absolute atomic E-state index is 12.9. The molecule has 0 aliphatic carbocycles. The number of hydrogen-bond acceptors (Lipinski definition) is 8. The molecule has 2 aliphatic heterocycles. The fourth-order valence-electron chi connectivity index (χ4n) is 5.15. The average Bonchev–Trinajstić information content (AvgIpc) is 3.40. The van der Waals surface area contributed by atoms with Gasteiger partial charge in [0.15, 0.2) is 0 Å². The fraction of sp³-hybridized carbons (Fsp3) is 0.273. The van der Waals surface area contributed by atoms with Gasteiger partial charge in [0.1, 0.15) is 31.7 Å².